The number of carbonyl (C=O) groups is 2. The zero-order chi connectivity index (χ0) is 31.4. The molecule has 2 unspecified atom stereocenters. The molecular formula is C32H46Cl4N4O7. The van der Waals surface area contributed by atoms with Gasteiger partial charge in [-0.2, -0.15) is 0 Å². The molecule has 0 spiro atoms. The fourth-order valence-corrected chi connectivity index (χ4v) is 6.39. The highest BCUT2D eigenvalue weighted by Gasteiger charge is 2.33. The van der Waals surface area contributed by atoms with Gasteiger partial charge in [0.1, 0.15) is 34.8 Å². The molecule has 11 nitrogen and oxygen atoms in total. The van der Waals surface area contributed by atoms with Crippen molar-refractivity contribution in [2.24, 2.45) is 0 Å². The minimum absolute atomic E-state index is 0. The van der Waals surface area contributed by atoms with Gasteiger partial charge >= 0.3 is 11.9 Å². The Morgan fingerprint density at radius 1 is 0.723 bits per heavy atom. The number of nitrogens with zero attached hydrogens (tertiary/aromatic N) is 2. The zero-order valence-electron chi connectivity index (χ0n) is 26.8. The third-order valence-corrected chi connectivity index (χ3v) is 9.21. The summed E-state index contributed by atoms with van der Waals surface area (Å²) < 4.78 is 11.8. The van der Waals surface area contributed by atoms with E-state index in [-0.39, 0.29) is 42.5 Å². The molecule has 4 heterocycles. The second kappa shape index (κ2) is 18.4. The summed E-state index contributed by atoms with van der Waals surface area (Å²) in [6, 6.07) is 3.11. The van der Waals surface area contributed by atoms with Gasteiger partial charge in [0.2, 0.25) is 0 Å². The number of anilines is 2. The molecule has 0 radical (unpaired) electrons. The molecule has 15 heteroatoms. The molecule has 2 atom stereocenters. The van der Waals surface area contributed by atoms with E-state index in [1.807, 2.05) is 13.8 Å². The smallest absolute Gasteiger partial charge is 0.360 e. The van der Waals surface area contributed by atoms with Gasteiger partial charge in [0.25, 0.3) is 0 Å². The normalized spacial score (nSPS) is 19.9. The number of piperidine rings is 2. The van der Waals surface area contributed by atoms with Gasteiger partial charge in [-0.25, -0.2) is 9.59 Å². The Bertz CT molecular complexity index is 1280. The fourth-order valence-electron chi connectivity index (χ4n) is 5.95. The molecular weight excluding hydrogens is 694 g/mol. The number of carbonyl (C=O) groups excluding carboxylic acids is 2. The van der Waals surface area contributed by atoms with E-state index >= 15 is 0 Å². The molecule has 264 valence electrons. The zero-order valence-corrected chi connectivity index (χ0v) is 29.9. The fraction of sp³-hybridized carbons (Fsp3) is 0.562. The van der Waals surface area contributed by atoms with Crippen LogP contribution in [0.5, 0.6) is 11.5 Å². The van der Waals surface area contributed by atoms with E-state index in [4.69, 9.17) is 53.8 Å². The summed E-state index contributed by atoms with van der Waals surface area (Å²) in [5, 5.41) is 4.19. The summed E-state index contributed by atoms with van der Waals surface area (Å²) in [5.74, 6) is 0.236. The predicted octanol–water partition coefficient (Wildman–Crippen LogP) is 6.41. The molecule has 6 N–H and O–H groups in total. The number of hydrogen-bond acceptors (Lipinski definition) is 10. The van der Waals surface area contributed by atoms with E-state index in [0.29, 0.717) is 56.9 Å². The van der Waals surface area contributed by atoms with Gasteiger partial charge in [0, 0.05) is 50.1 Å². The van der Waals surface area contributed by atoms with Gasteiger partial charge in [-0.3, -0.25) is 0 Å². The molecule has 0 aliphatic carbocycles. The van der Waals surface area contributed by atoms with Crippen LogP contribution < -0.4 is 20.9 Å². The lowest BCUT2D eigenvalue weighted by Gasteiger charge is -2.25. The van der Waals surface area contributed by atoms with Crippen molar-refractivity contribution in [1.82, 2.24) is 10.1 Å². The Morgan fingerprint density at radius 3 is 1.38 bits per heavy atom. The van der Waals surface area contributed by atoms with Crippen LogP contribution in [0, 0.1) is 0 Å². The predicted molar refractivity (Wildman–Crippen MR) is 188 cm³/mol. The van der Waals surface area contributed by atoms with Crippen LogP contribution in [0.4, 0.5) is 11.4 Å². The van der Waals surface area contributed by atoms with E-state index in [2.05, 4.69) is 0 Å². The number of benzene rings is 2. The van der Waals surface area contributed by atoms with Crippen LogP contribution >= 0.6 is 48.0 Å². The highest BCUT2D eigenvalue weighted by atomic mass is 35.5. The summed E-state index contributed by atoms with van der Waals surface area (Å²) >= 11 is 12.3. The van der Waals surface area contributed by atoms with E-state index in [1.165, 1.54) is 12.8 Å². The van der Waals surface area contributed by atoms with Crippen LogP contribution in [0.1, 0.15) is 97.1 Å². The van der Waals surface area contributed by atoms with E-state index in [9.17, 15) is 9.59 Å². The van der Waals surface area contributed by atoms with E-state index in [0.717, 1.165) is 75.8 Å². The van der Waals surface area contributed by atoms with Crippen molar-refractivity contribution < 1.29 is 34.2 Å². The van der Waals surface area contributed by atoms with Crippen molar-refractivity contribution in [2.45, 2.75) is 90.3 Å². The lowest BCUT2D eigenvalue weighted by atomic mass is 10.0. The third-order valence-electron chi connectivity index (χ3n) is 8.58. The second-order valence-corrected chi connectivity index (χ2v) is 12.5. The van der Waals surface area contributed by atoms with Gasteiger partial charge < -0.3 is 36.1 Å². The first kappa shape index (κ1) is 40.8. The highest BCUT2D eigenvalue weighted by molar-refractivity contribution is 6.34. The summed E-state index contributed by atoms with van der Waals surface area (Å²) in [4.78, 5) is 35.9. The van der Waals surface area contributed by atoms with Crippen LogP contribution in [0.15, 0.2) is 12.1 Å². The summed E-state index contributed by atoms with van der Waals surface area (Å²) in [7, 11) is 0. The van der Waals surface area contributed by atoms with Gasteiger partial charge in [-0.05, 0) is 50.7 Å². The van der Waals surface area contributed by atoms with Crippen LogP contribution in [0.25, 0.3) is 0 Å². The minimum atomic E-state index is -0.420. The first-order valence-corrected chi connectivity index (χ1v) is 16.4. The monoisotopic (exact) mass is 738 g/mol. The summed E-state index contributed by atoms with van der Waals surface area (Å²) in [6.07, 6.45) is 9.68. The van der Waals surface area contributed by atoms with Crippen molar-refractivity contribution in [1.29, 1.82) is 0 Å². The van der Waals surface area contributed by atoms with Crippen molar-refractivity contribution in [3.63, 3.8) is 0 Å². The van der Waals surface area contributed by atoms with Gasteiger partial charge in [-0.1, -0.05) is 49.9 Å². The molecule has 4 aliphatic rings. The lowest BCUT2D eigenvalue weighted by Crippen LogP contribution is -2.32. The Morgan fingerprint density at radius 2 is 1.06 bits per heavy atom. The molecule has 0 saturated carbocycles. The molecule has 2 fully saturated rings. The lowest BCUT2D eigenvalue weighted by molar-refractivity contribution is -0.120. The Balaban J connectivity index is 0.000000307. The minimum Gasteiger partial charge on any atom is -0.489 e. The maximum absolute atomic E-state index is 12.5. The third kappa shape index (κ3) is 9.41. The molecule has 2 aromatic rings. The number of nitrogens with two attached hydrogens (primary N) is 2. The Hall–Kier alpha value is -2.38. The van der Waals surface area contributed by atoms with Crippen molar-refractivity contribution >= 4 is 71.3 Å². The standard InChI is InChI=1S/2C16H21ClN2O3.2ClH.H2O/c2*1-2-10-8-11-14(18)13(17)9-12(15(11)21-10)16(20)22-19-6-4-3-5-7-19;;;/h2*9-10H,2-8,18H2,1H3;2*1H;1H2. The van der Waals surface area contributed by atoms with E-state index < -0.39 is 11.9 Å². The van der Waals surface area contributed by atoms with Crippen molar-refractivity contribution in [3.8, 4) is 11.5 Å². The van der Waals surface area contributed by atoms with Crippen molar-refractivity contribution in [3.05, 3.63) is 44.4 Å². The highest BCUT2D eigenvalue weighted by Crippen LogP contribution is 2.43. The van der Waals surface area contributed by atoms with Crippen molar-refractivity contribution in [2.75, 3.05) is 37.6 Å². The van der Waals surface area contributed by atoms with Crippen LogP contribution in [0.2, 0.25) is 10.0 Å². The number of hydrogen-bond donors (Lipinski definition) is 2. The first-order valence-electron chi connectivity index (χ1n) is 15.7. The number of ether oxygens (including phenoxy) is 2. The molecule has 0 aromatic heterocycles. The maximum Gasteiger partial charge on any atom is 0.360 e. The number of rotatable bonds is 6. The van der Waals surface area contributed by atoms with E-state index in [1.54, 1.807) is 22.3 Å². The van der Waals surface area contributed by atoms with Gasteiger partial charge in [0.15, 0.2) is 0 Å². The number of halogens is 4. The molecule has 47 heavy (non-hydrogen) atoms. The molecule has 2 saturated heterocycles. The van der Waals surface area contributed by atoms with Crippen LogP contribution in [0.3, 0.4) is 0 Å². The quantitative estimate of drug-likeness (QED) is 0.317. The SMILES string of the molecule is CCC1Cc2c(N)c(Cl)cc(C(=O)ON3CCCCC3)c2O1.CCC1Cc2c(N)c(Cl)cc(C(=O)ON3CCCCC3)c2O1.Cl.Cl.O. The molecule has 4 aliphatic heterocycles. The Labute approximate surface area is 298 Å². The van der Waals surface area contributed by atoms with Crippen LogP contribution in [-0.2, 0) is 22.5 Å². The summed E-state index contributed by atoms with van der Waals surface area (Å²) in [6.45, 7) is 7.18. The van der Waals surface area contributed by atoms with Crippen LogP contribution in [-0.4, -0.2) is 65.9 Å². The average molecular weight is 741 g/mol. The van der Waals surface area contributed by atoms with Gasteiger partial charge in [0.05, 0.1) is 21.4 Å². The summed E-state index contributed by atoms with van der Waals surface area (Å²) in [5.41, 5.74) is 15.5. The number of fused-ring (bicyclic) bond motifs is 2. The molecule has 6 rings (SSSR count). The first-order chi connectivity index (χ1) is 21.2. The molecule has 0 bridgehead atoms. The Kier molecular flexibility index (Phi) is 16.0. The topological polar surface area (TPSA) is 161 Å². The van der Waals surface area contributed by atoms with Gasteiger partial charge in [-0.15, -0.1) is 34.9 Å². The molecule has 2 aromatic carbocycles. The number of hydroxylamine groups is 4. The number of nitrogen functional groups attached to an aromatic ring is 2. The average Bonchev–Trinajstić information content (AvgIpc) is 3.67. The largest absolute Gasteiger partial charge is 0.489 e. The second-order valence-electron chi connectivity index (χ2n) is 11.7. The maximum atomic E-state index is 12.5. The molecule has 0 amide bonds.